The van der Waals surface area contributed by atoms with Gasteiger partial charge in [-0.25, -0.2) is 0 Å². The standard InChI is InChI=1S/C11H25NO3Si/c1-4-8-14-16(3,15-9-5-2)10-6-7-11(12)13/h4-10H2,1-3H3,(H2,12,13). The third-order valence-electron chi connectivity index (χ3n) is 2.28. The van der Waals surface area contributed by atoms with Crippen LogP contribution in [0.5, 0.6) is 0 Å². The topological polar surface area (TPSA) is 61.5 Å². The van der Waals surface area contributed by atoms with Gasteiger partial charge in [0.2, 0.25) is 5.91 Å². The molecule has 0 aromatic carbocycles. The van der Waals surface area contributed by atoms with Crippen LogP contribution in [0.2, 0.25) is 12.6 Å². The maximum Gasteiger partial charge on any atom is 0.334 e. The molecular formula is C11H25NO3Si. The first kappa shape index (κ1) is 15.6. The van der Waals surface area contributed by atoms with Crippen LogP contribution in [0.4, 0.5) is 0 Å². The van der Waals surface area contributed by atoms with Crippen LogP contribution in [0, 0.1) is 0 Å². The fraction of sp³-hybridized carbons (Fsp3) is 0.909. The highest BCUT2D eigenvalue weighted by Gasteiger charge is 2.30. The molecule has 0 saturated carbocycles. The summed E-state index contributed by atoms with van der Waals surface area (Å²) in [7, 11) is -2.07. The SMILES string of the molecule is CCCO[Si](C)(CCCC(N)=O)OCCC. The number of carbonyl (C=O) groups is 1. The number of primary amides is 1. The molecule has 0 aliphatic heterocycles. The lowest BCUT2D eigenvalue weighted by atomic mass is 10.3. The van der Waals surface area contributed by atoms with Gasteiger partial charge in [0.15, 0.2) is 0 Å². The van der Waals surface area contributed by atoms with E-state index in [0.29, 0.717) is 6.42 Å². The minimum absolute atomic E-state index is 0.248. The zero-order chi connectivity index (χ0) is 12.4. The molecule has 0 unspecified atom stereocenters. The molecule has 96 valence electrons. The molecule has 0 aliphatic rings. The maximum atomic E-state index is 10.7. The van der Waals surface area contributed by atoms with Crippen LogP contribution in [0.25, 0.3) is 0 Å². The van der Waals surface area contributed by atoms with Crippen molar-refractivity contribution in [1.29, 1.82) is 0 Å². The predicted molar refractivity (Wildman–Crippen MR) is 67.3 cm³/mol. The van der Waals surface area contributed by atoms with E-state index in [1.807, 2.05) is 0 Å². The van der Waals surface area contributed by atoms with E-state index in [1.165, 1.54) is 0 Å². The van der Waals surface area contributed by atoms with Gasteiger partial charge in [0.1, 0.15) is 0 Å². The molecule has 5 heteroatoms. The average molecular weight is 247 g/mol. The van der Waals surface area contributed by atoms with Gasteiger partial charge in [-0.15, -0.1) is 0 Å². The minimum atomic E-state index is -2.07. The van der Waals surface area contributed by atoms with Gasteiger partial charge in [0.05, 0.1) is 0 Å². The molecule has 2 N–H and O–H groups in total. The number of hydrogen-bond acceptors (Lipinski definition) is 3. The Kier molecular flexibility index (Phi) is 8.51. The van der Waals surface area contributed by atoms with Crippen molar-refractivity contribution in [3.05, 3.63) is 0 Å². The van der Waals surface area contributed by atoms with Crippen molar-refractivity contribution < 1.29 is 13.6 Å². The first-order chi connectivity index (χ1) is 7.54. The van der Waals surface area contributed by atoms with Crippen molar-refractivity contribution in [1.82, 2.24) is 0 Å². The fourth-order valence-corrected chi connectivity index (χ4v) is 3.87. The smallest absolute Gasteiger partial charge is 0.334 e. The molecule has 0 rings (SSSR count). The van der Waals surface area contributed by atoms with E-state index in [9.17, 15) is 4.79 Å². The second-order valence-corrected chi connectivity index (χ2v) is 7.50. The first-order valence-corrected chi connectivity index (χ1v) is 8.62. The molecule has 0 aromatic rings. The van der Waals surface area contributed by atoms with Crippen LogP contribution < -0.4 is 5.73 Å². The second kappa shape index (κ2) is 8.72. The Labute approximate surface area is 99.7 Å². The van der Waals surface area contributed by atoms with Crippen LogP contribution in [0.3, 0.4) is 0 Å². The zero-order valence-electron chi connectivity index (χ0n) is 10.8. The van der Waals surface area contributed by atoms with E-state index >= 15 is 0 Å². The van der Waals surface area contributed by atoms with E-state index in [1.54, 1.807) is 0 Å². The number of hydrogen-bond donors (Lipinski definition) is 1. The van der Waals surface area contributed by atoms with Crippen molar-refractivity contribution in [2.45, 2.75) is 52.1 Å². The monoisotopic (exact) mass is 247 g/mol. The van der Waals surface area contributed by atoms with Crippen LogP contribution in [-0.4, -0.2) is 27.7 Å². The second-order valence-electron chi connectivity index (χ2n) is 4.15. The van der Waals surface area contributed by atoms with E-state index in [0.717, 1.165) is 38.5 Å². The molecule has 0 radical (unpaired) electrons. The normalized spacial score (nSPS) is 11.7. The van der Waals surface area contributed by atoms with Crippen molar-refractivity contribution in [2.24, 2.45) is 5.73 Å². The molecule has 4 nitrogen and oxygen atoms in total. The van der Waals surface area contributed by atoms with Crippen molar-refractivity contribution in [3.63, 3.8) is 0 Å². The van der Waals surface area contributed by atoms with E-state index in [2.05, 4.69) is 20.4 Å². The van der Waals surface area contributed by atoms with Crippen LogP contribution in [0.15, 0.2) is 0 Å². The average Bonchev–Trinajstić information content (AvgIpc) is 2.23. The summed E-state index contributed by atoms with van der Waals surface area (Å²) in [5.74, 6) is -0.248. The van der Waals surface area contributed by atoms with Gasteiger partial charge in [-0.2, -0.15) is 0 Å². The molecule has 0 saturated heterocycles. The quantitative estimate of drug-likeness (QED) is 0.602. The lowest BCUT2D eigenvalue weighted by molar-refractivity contribution is -0.118. The van der Waals surface area contributed by atoms with Gasteiger partial charge < -0.3 is 14.6 Å². The van der Waals surface area contributed by atoms with E-state index < -0.39 is 8.56 Å². The summed E-state index contributed by atoms with van der Waals surface area (Å²) in [6, 6.07) is 0.843. The Morgan fingerprint density at radius 1 is 1.19 bits per heavy atom. The van der Waals surface area contributed by atoms with E-state index in [-0.39, 0.29) is 5.91 Å². The van der Waals surface area contributed by atoms with Crippen LogP contribution in [0.1, 0.15) is 39.5 Å². The molecular weight excluding hydrogens is 222 g/mol. The van der Waals surface area contributed by atoms with Gasteiger partial charge >= 0.3 is 8.56 Å². The highest BCUT2D eigenvalue weighted by atomic mass is 28.4. The van der Waals surface area contributed by atoms with Gasteiger partial charge in [-0.05, 0) is 31.9 Å². The number of rotatable bonds is 10. The first-order valence-electron chi connectivity index (χ1n) is 6.10. The fourth-order valence-electron chi connectivity index (χ4n) is 1.41. The molecule has 0 atom stereocenters. The lowest BCUT2D eigenvalue weighted by Gasteiger charge is -2.26. The summed E-state index contributed by atoms with van der Waals surface area (Å²) in [5, 5.41) is 0. The van der Waals surface area contributed by atoms with Gasteiger partial charge in [-0.1, -0.05) is 13.8 Å². The van der Waals surface area contributed by atoms with Crippen LogP contribution in [-0.2, 0) is 13.6 Å². The Balaban J connectivity index is 4.01. The summed E-state index contributed by atoms with van der Waals surface area (Å²) in [5.41, 5.74) is 5.12. The molecule has 0 aliphatic carbocycles. The Morgan fingerprint density at radius 2 is 1.69 bits per heavy atom. The van der Waals surface area contributed by atoms with Gasteiger partial charge in [0.25, 0.3) is 0 Å². The summed E-state index contributed by atoms with van der Waals surface area (Å²) >= 11 is 0. The Morgan fingerprint density at radius 3 is 2.06 bits per heavy atom. The number of amides is 1. The number of carbonyl (C=O) groups excluding carboxylic acids is 1. The van der Waals surface area contributed by atoms with Gasteiger partial charge in [-0.3, -0.25) is 4.79 Å². The molecule has 0 heterocycles. The summed E-state index contributed by atoms with van der Waals surface area (Å²) in [6.07, 6.45) is 3.18. The molecule has 0 bridgehead atoms. The Bertz CT molecular complexity index is 192. The third kappa shape index (κ3) is 7.84. The molecule has 0 spiro atoms. The molecule has 16 heavy (non-hydrogen) atoms. The van der Waals surface area contributed by atoms with Crippen molar-refractivity contribution in [3.8, 4) is 0 Å². The van der Waals surface area contributed by atoms with E-state index in [4.69, 9.17) is 14.6 Å². The number of nitrogens with two attached hydrogens (primary N) is 1. The third-order valence-corrected chi connectivity index (χ3v) is 5.17. The summed E-state index contributed by atoms with van der Waals surface area (Å²) in [4.78, 5) is 10.7. The summed E-state index contributed by atoms with van der Waals surface area (Å²) in [6.45, 7) is 7.71. The highest BCUT2D eigenvalue weighted by Crippen LogP contribution is 2.17. The van der Waals surface area contributed by atoms with Gasteiger partial charge in [0, 0.05) is 19.6 Å². The maximum absolute atomic E-state index is 10.7. The summed E-state index contributed by atoms with van der Waals surface area (Å²) < 4.78 is 11.7. The molecule has 0 aromatic heterocycles. The molecule has 0 fully saturated rings. The van der Waals surface area contributed by atoms with Crippen LogP contribution >= 0.6 is 0 Å². The van der Waals surface area contributed by atoms with Crippen molar-refractivity contribution >= 4 is 14.5 Å². The highest BCUT2D eigenvalue weighted by molar-refractivity contribution is 6.66. The Hall–Kier alpha value is -0.393. The predicted octanol–water partition coefficient (Wildman–Crippen LogP) is 2.18. The lowest BCUT2D eigenvalue weighted by Crippen LogP contribution is -2.39. The largest absolute Gasteiger partial charge is 0.394 e. The molecule has 1 amide bonds. The minimum Gasteiger partial charge on any atom is -0.394 e. The zero-order valence-corrected chi connectivity index (χ0v) is 11.8. The van der Waals surface area contributed by atoms with Crippen molar-refractivity contribution in [2.75, 3.05) is 13.2 Å².